The number of hydrogen-bond acceptors (Lipinski definition) is 3. The molecule has 126 valence electrons. The summed E-state index contributed by atoms with van der Waals surface area (Å²) >= 11 is 0. The minimum absolute atomic E-state index is 0.405. The van der Waals surface area contributed by atoms with Crippen LogP contribution in [0.3, 0.4) is 0 Å². The van der Waals surface area contributed by atoms with E-state index in [1.54, 1.807) is 0 Å². The molecule has 1 aromatic heterocycles. The van der Waals surface area contributed by atoms with Crippen molar-refractivity contribution in [1.82, 2.24) is 14.8 Å². The lowest BCUT2D eigenvalue weighted by Crippen LogP contribution is -2.47. The molecule has 2 aliphatic heterocycles. The van der Waals surface area contributed by atoms with E-state index in [1.807, 2.05) is 22.9 Å². The van der Waals surface area contributed by atoms with Crippen molar-refractivity contribution in [3.8, 4) is 0 Å². The lowest BCUT2D eigenvalue weighted by Gasteiger charge is -2.30. The minimum atomic E-state index is -4.36. The maximum atomic E-state index is 13.0. The molecule has 1 fully saturated rings. The SMILES string of the molecule is FC(F)(F)c1ccc2c(c1)N=C(N1CCNCC1)c1cccn1C2. The van der Waals surface area contributed by atoms with Gasteiger partial charge in [0.25, 0.3) is 0 Å². The van der Waals surface area contributed by atoms with Crippen LogP contribution in [0.2, 0.25) is 0 Å². The molecular weight excluding hydrogens is 317 g/mol. The molecule has 0 unspecified atom stereocenters. The maximum Gasteiger partial charge on any atom is 0.416 e. The van der Waals surface area contributed by atoms with Crippen LogP contribution in [0.15, 0.2) is 41.5 Å². The first kappa shape index (κ1) is 15.3. The maximum absolute atomic E-state index is 13.0. The first-order chi connectivity index (χ1) is 11.5. The van der Waals surface area contributed by atoms with E-state index in [1.165, 1.54) is 6.07 Å². The standard InChI is InChI=1S/C17H17F3N4/c18-17(19,20)13-4-3-12-11-24-7-1-2-15(24)16(22-14(12)10-13)23-8-5-21-6-9-23/h1-4,7,10,21H,5-6,8-9,11H2. The van der Waals surface area contributed by atoms with Gasteiger partial charge in [-0.1, -0.05) is 6.07 Å². The Bertz CT molecular complexity index is 785. The first-order valence-corrected chi connectivity index (χ1v) is 7.92. The number of nitrogens with one attached hydrogen (secondary N) is 1. The molecule has 0 bridgehead atoms. The highest BCUT2D eigenvalue weighted by atomic mass is 19.4. The molecule has 4 nitrogen and oxygen atoms in total. The predicted octanol–water partition coefficient (Wildman–Crippen LogP) is 2.85. The number of benzene rings is 1. The number of amidine groups is 1. The van der Waals surface area contributed by atoms with E-state index in [2.05, 4.69) is 15.2 Å². The highest BCUT2D eigenvalue weighted by Gasteiger charge is 2.32. The lowest BCUT2D eigenvalue weighted by atomic mass is 10.1. The Kier molecular flexibility index (Phi) is 3.60. The third-order valence-corrected chi connectivity index (χ3v) is 4.45. The number of alkyl halides is 3. The van der Waals surface area contributed by atoms with Gasteiger partial charge in [0.05, 0.1) is 16.9 Å². The van der Waals surface area contributed by atoms with Crippen LogP contribution >= 0.6 is 0 Å². The van der Waals surface area contributed by atoms with Gasteiger partial charge < -0.3 is 14.8 Å². The lowest BCUT2D eigenvalue weighted by molar-refractivity contribution is -0.137. The molecule has 3 heterocycles. The van der Waals surface area contributed by atoms with Gasteiger partial charge in [0.2, 0.25) is 0 Å². The van der Waals surface area contributed by atoms with Crippen molar-refractivity contribution >= 4 is 11.5 Å². The van der Waals surface area contributed by atoms with Crippen molar-refractivity contribution in [2.24, 2.45) is 4.99 Å². The highest BCUT2D eigenvalue weighted by Crippen LogP contribution is 2.35. The zero-order valence-electron chi connectivity index (χ0n) is 13.0. The molecule has 0 spiro atoms. The number of hydrogen-bond donors (Lipinski definition) is 1. The van der Waals surface area contributed by atoms with Gasteiger partial charge in [0.1, 0.15) is 0 Å². The third kappa shape index (κ3) is 2.69. The van der Waals surface area contributed by atoms with Crippen LogP contribution in [0.1, 0.15) is 16.8 Å². The fraction of sp³-hybridized carbons (Fsp3) is 0.353. The second-order valence-electron chi connectivity index (χ2n) is 6.04. The van der Waals surface area contributed by atoms with E-state index in [0.29, 0.717) is 12.2 Å². The fourth-order valence-electron chi connectivity index (χ4n) is 3.20. The first-order valence-electron chi connectivity index (χ1n) is 7.92. The van der Waals surface area contributed by atoms with E-state index in [-0.39, 0.29) is 0 Å². The molecule has 24 heavy (non-hydrogen) atoms. The van der Waals surface area contributed by atoms with Crippen molar-refractivity contribution in [3.05, 3.63) is 53.3 Å². The van der Waals surface area contributed by atoms with E-state index in [4.69, 9.17) is 0 Å². The van der Waals surface area contributed by atoms with Gasteiger partial charge in [-0.25, -0.2) is 4.99 Å². The molecule has 0 aliphatic carbocycles. The van der Waals surface area contributed by atoms with Crippen molar-refractivity contribution in [3.63, 3.8) is 0 Å². The summed E-state index contributed by atoms with van der Waals surface area (Å²) < 4.78 is 41.2. The summed E-state index contributed by atoms with van der Waals surface area (Å²) in [6.45, 7) is 3.79. The van der Waals surface area contributed by atoms with Crippen LogP contribution in [-0.4, -0.2) is 41.5 Å². The Morgan fingerprint density at radius 1 is 1.08 bits per heavy atom. The average Bonchev–Trinajstić information content (AvgIpc) is 2.95. The molecule has 1 saturated heterocycles. The monoisotopic (exact) mass is 334 g/mol. The van der Waals surface area contributed by atoms with Crippen molar-refractivity contribution in [1.29, 1.82) is 0 Å². The molecule has 0 radical (unpaired) electrons. The van der Waals surface area contributed by atoms with Crippen LogP contribution in [0.4, 0.5) is 18.9 Å². The van der Waals surface area contributed by atoms with Gasteiger partial charge in [0, 0.05) is 38.9 Å². The predicted molar refractivity (Wildman–Crippen MR) is 85.6 cm³/mol. The largest absolute Gasteiger partial charge is 0.416 e. The zero-order chi connectivity index (χ0) is 16.7. The molecule has 2 aliphatic rings. The molecule has 1 aromatic carbocycles. The number of fused-ring (bicyclic) bond motifs is 2. The Balaban J connectivity index is 1.83. The summed E-state index contributed by atoms with van der Waals surface area (Å²) in [4.78, 5) is 6.78. The van der Waals surface area contributed by atoms with Crippen LogP contribution in [-0.2, 0) is 12.7 Å². The second-order valence-corrected chi connectivity index (χ2v) is 6.04. The van der Waals surface area contributed by atoms with Crippen LogP contribution < -0.4 is 5.32 Å². The molecule has 2 aromatic rings. The van der Waals surface area contributed by atoms with E-state index < -0.39 is 11.7 Å². The smallest absolute Gasteiger partial charge is 0.352 e. The number of aromatic nitrogens is 1. The summed E-state index contributed by atoms with van der Waals surface area (Å²) in [5.41, 5.74) is 1.49. The molecule has 0 amide bonds. The van der Waals surface area contributed by atoms with Crippen molar-refractivity contribution < 1.29 is 13.2 Å². The Labute approximate surface area is 137 Å². The van der Waals surface area contributed by atoms with Gasteiger partial charge in [0.15, 0.2) is 5.84 Å². The number of nitrogens with zero attached hydrogens (tertiary/aromatic N) is 3. The summed E-state index contributed by atoms with van der Waals surface area (Å²) in [6, 6.07) is 7.74. The fourth-order valence-corrected chi connectivity index (χ4v) is 3.20. The zero-order valence-corrected chi connectivity index (χ0v) is 13.0. The van der Waals surface area contributed by atoms with E-state index in [9.17, 15) is 13.2 Å². The minimum Gasteiger partial charge on any atom is -0.352 e. The Morgan fingerprint density at radius 3 is 2.62 bits per heavy atom. The van der Waals surface area contributed by atoms with Gasteiger partial charge in [-0.05, 0) is 29.8 Å². The number of rotatable bonds is 0. The molecular formula is C17H17F3N4. The quantitative estimate of drug-likeness (QED) is 0.804. The second kappa shape index (κ2) is 5.66. The average molecular weight is 334 g/mol. The summed E-state index contributed by atoms with van der Waals surface area (Å²) in [7, 11) is 0. The number of aliphatic imine (C=N–C) groups is 1. The third-order valence-electron chi connectivity index (χ3n) is 4.45. The molecule has 0 saturated carbocycles. The topological polar surface area (TPSA) is 32.6 Å². The number of halogens is 3. The van der Waals surface area contributed by atoms with E-state index in [0.717, 1.165) is 55.4 Å². The van der Waals surface area contributed by atoms with Gasteiger partial charge in [-0.15, -0.1) is 0 Å². The van der Waals surface area contributed by atoms with Gasteiger partial charge in [-0.2, -0.15) is 13.2 Å². The van der Waals surface area contributed by atoms with Gasteiger partial charge >= 0.3 is 6.18 Å². The Hall–Kier alpha value is -2.28. The highest BCUT2D eigenvalue weighted by molar-refractivity contribution is 6.00. The molecule has 7 heteroatoms. The van der Waals surface area contributed by atoms with Crippen molar-refractivity contribution in [2.75, 3.05) is 26.2 Å². The summed E-state index contributed by atoms with van der Waals surface area (Å²) in [5, 5.41) is 3.28. The molecule has 4 rings (SSSR count). The number of piperazine rings is 1. The Morgan fingerprint density at radius 2 is 1.88 bits per heavy atom. The van der Waals surface area contributed by atoms with Crippen LogP contribution in [0.25, 0.3) is 0 Å². The molecule has 1 N–H and O–H groups in total. The van der Waals surface area contributed by atoms with Crippen LogP contribution in [0.5, 0.6) is 0 Å². The summed E-state index contributed by atoms with van der Waals surface area (Å²) in [6.07, 6.45) is -2.42. The normalized spacial score (nSPS) is 17.8. The van der Waals surface area contributed by atoms with Crippen molar-refractivity contribution in [2.45, 2.75) is 12.7 Å². The summed E-state index contributed by atoms with van der Waals surface area (Å²) in [5.74, 6) is 0.750. The van der Waals surface area contributed by atoms with Gasteiger partial charge in [-0.3, -0.25) is 0 Å². The van der Waals surface area contributed by atoms with Crippen LogP contribution in [0, 0.1) is 0 Å². The van der Waals surface area contributed by atoms with E-state index >= 15 is 0 Å². The molecule has 0 atom stereocenters.